The highest BCUT2D eigenvalue weighted by atomic mass is 16.6. The Morgan fingerprint density at radius 2 is 1.83 bits per heavy atom. The Balaban J connectivity index is 1.35. The molecule has 0 bridgehead atoms. The minimum atomic E-state index is -0.178. The molecule has 1 aromatic heterocycles. The third-order valence-electron chi connectivity index (χ3n) is 4.96. The number of nitrogens with zero attached hydrogens (tertiary/aromatic N) is 1. The highest BCUT2D eigenvalue weighted by Crippen LogP contribution is 2.31. The highest BCUT2D eigenvalue weighted by molar-refractivity contribution is 6.01. The lowest BCUT2D eigenvalue weighted by Crippen LogP contribution is -2.16. The number of amides is 1. The monoisotopic (exact) mass is 392 g/mol. The predicted octanol–water partition coefficient (Wildman–Crippen LogP) is 4.42. The van der Waals surface area contributed by atoms with E-state index < -0.39 is 0 Å². The molecule has 0 aliphatic carbocycles. The number of ether oxygens (including phenoxy) is 2. The quantitative estimate of drug-likeness (QED) is 0.604. The summed E-state index contributed by atoms with van der Waals surface area (Å²) in [5, 5.41) is 3.97. The average Bonchev–Trinajstić information content (AvgIpc) is 3.14. The van der Waals surface area contributed by atoms with Crippen molar-refractivity contribution >= 4 is 28.3 Å². The number of nitrogens with one attached hydrogen (secondary N) is 1. The number of carbonyl (C=O) groups is 2. The fourth-order valence-corrected chi connectivity index (χ4v) is 3.53. The van der Waals surface area contributed by atoms with Crippen molar-refractivity contribution in [2.75, 3.05) is 18.5 Å². The maximum atomic E-state index is 12.4. The van der Waals surface area contributed by atoms with E-state index in [-0.39, 0.29) is 24.5 Å². The van der Waals surface area contributed by atoms with Crippen LogP contribution < -0.4 is 14.8 Å². The molecule has 1 aliphatic rings. The Kier molecular flexibility index (Phi) is 5.51. The first-order valence-corrected chi connectivity index (χ1v) is 9.95. The second-order valence-corrected chi connectivity index (χ2v) is 7.11. The molecule has 0 fully saturated rings. The molecule has 0 unspecified atom stereocenters. The summed E-state index contributed by atoms with van der Waals surface area (Å²) in [7, 11) is 0. The van der Waals surface area contributed by atoms with Crippen LogP contribution in [0.3, 0.4) is 0 Å². The van der Waals surface area contributed by atoms with Crippen molar-refractivity contribution in [2.45, 2.75) is 32.7 Å². The molecular weight excluding hydrogens is 368 g/mol. The number of aryl methyl sites for hydroxylation is 1. The van der Waals surface area contributed by atoms with Crippen LogP contribution in [0.5, 0.6) is 11.5 Å². The van der Waals surface area contributed by atoms with Gasteiger partial charge in [-0.25, -0.2) is 0 Å². The number of Topliss-reactive ketones (excluding diaryl/α,β-unsaturated/α-hetero) is 1. The summed E-state index contributed by atoms with van der Waals surface area (Å²) < 4.78 is 13.2. The number of ketones is 1. The van der Waals surface area contributed by atoms with E-state index in [9.17, 15) is 9.59 Å². The second-order valence-electron chi connectivity index (χ2n) is 7.11. The van der Waals surface area contributed by atoms with E-state index in [2.05, 4.69) is 23.0 Å². The Bertz CT molecular complexity index is 1050. The molecule has 0 atom stereocenters. The molecule has 3 aromatic rings. The van der Waals surface area contributed by atoms with Gasteiger partial charge < -0.3 is 19.4 Å². The molecule has 150 valence electrons. The van der Waals surface area contributed by atoms with Gasteiger partial charge in [-0.3, -0.25) is 9.59 Å². The molecule has 6 heteroatoms. The summed E-state index contributed by atoms with van der Waals surface area (Å²) in [6.45, 7) is 4.10. The first-order valence-electron chi connectivity index (χ1n) is 9.95. The molecule has 0 radical (unpaired) electrons. The third-order valence-corrected chi connectivity index (χ3v) is 4.96. The molecular formula is C23H24N2O4. The van der Waals surface area contributed by atoms with Gasteiger partial charge in [-0.05, 0) is 48.9 Å². The molecule has 6 nitrogen and oxygen atoms in total. The third kappa shape index (κ3) is 4.26. The normalized spacial score (nSPS) is 12.7. The smallest absolute Gasteiger partial charge is 0.224 e. The molecule has 1 aliphatic heterocycles. The van der Waals surface area contributed by atoms with E-state index in [1.165, 1.54) is 0 Å². The van der Waals surface area contributed by atoms with Crippen molar-refractivity contribution in [1.29, 1.82) is 0 Å². The summed E-state index contributed by atoms with van der Waals surface area (Å²) >= 11 is 0. The average molecular weight is 392 g/mol. The van der Waals surface area contributed by atoms with E-state index in [1.54, 1.807) is 18.2 Å². The van der Waals surface area contributed by atoms with Crippen molar-refractivity contribution in [1.82, 2.24) is 4.57 Å². The predicted molar refractivity (Wildman–Crippen MR) is 112 cm³/mol. The lowest BCUT2D eigenvalue weighted by atomic mass is 10.1. The maximum Gasteiger partial charge on any atom is 0.224 e. The minimum absolute atomic E-state index is 0.0933. The van der Waals surface area contributed by atoms with Crippen LogP contribution in [-0.4, -0.2) is 29.5 Å². The Labute approximate surface area is 169 Å². The molecule has 1 N–H and O–H groups in total. The summed E-state index contributed by atoms with van der Waals surface area (Å²) in [5.74, 6) is 0.955. The van der Waals surface area contributed by atoms with Crippen molar-refractivity contribution in [3.63, 3.8) is 0 Å². The van der Waals surface area contributed by atoms with Gasteiger partial charge in [0, 0.05) is 47.7 Å². The number of rotatable bonds is 7. The zero-order valence-corrected chi connectivity index (χ0v) is 16.4. The molecule has 4 rings (SSSR count). The van der Waals surface area contributed by atoms with E-state index in [1.807, 2.05) is 24.3 Å². The van der Waals surface area contributed by atoms with Crippen LogP contribution in [0.25, 0.3) is 10.9 Å². The number of benzene rings is 2. The first kappa shape index (κ1) is 19.1. The molecule has 0 saturated heterocycles. The van der Waals surface area contributed by atoms with Crippen LogP contribution >= 0.6 is 0 Å². The van der Waals surface area contributed by atoms with Gasteiger partial charge in [0.2, 0.25) is 5.91 Å². The van der Waals surface area contributed by atoms with Crippen molar-refractivity contribution in [3.05, 3.63) is 54.2 Å². The van der Waals surface area contributed by atoms with E-state index in [0.717, 1.165) is 29.6 Å². The minimum Gasteiger partial charge on any atom is -0.486 e. The summed E-state index contributed by atoms with van der Waals surface area (Å²) in [5.41, 5.74) is 2.42. The maximum absolute atomic E-state index is 12.4. The van der Waals surface area contributed by atoms with E-state index in [0.29, 0.717) is 30.3 Å². The van der Waals surface area contributed by atoms with Crippen LogP contribution in [0.1, 0.15) is 36.5 Å². The lowest BCUT2D eigenvalue weighted by Gasteiger charge is -2.18. The summed E-state index contributed by atoms with van der Waals surface area (Å²) in [6.07, 6.45) is 3.40. The zero-order valence-electron chi connectivity index (χ0n) is 16.4. The topological polar surface area (TPSA) is 69.6 Å². The number of hydrogen-bond donors (Lipinski definition) is 1. The van der Waals surface area contributed by atoms with Crippen LogP contribution in [0.15, 0.2) is 48.7 Å². The molecule has 29 heavy (non-hydrogen) atoms. The molecule has 0 saturated carbocycles. The zero-order chi connectivity index (χ0) is 20.2. The fourth-order valence-electron chi connectivity index (χ4n) is 3.53. The second kappa shape index (κ2) is 8.39. The Hall–Kier alpha value is -3.28. The number of hydrogen-bond acceptors (Lipinski definition) is 4. The van der Waals surface area contributed by atoms with Crippen molar-refractivity contribution < 1.29 is 19.1 Å². The van der Waals surface area contributed by atoms with Gasteiger partial charge >= 0.3 is 0 Å². The number of aromatic nitrogens is 1. The number of fused-ring (bicyclic) bond motifs is 2. The Morgan fingerprint density at radius 1 is 1.00 bits per heavy atom. The highest BCUT2D eigenvalue weighted by Gasteiger charge is 2.16. The SMILES string of the molecule is CCCn1ccc2cc(NC(=O)CCC(=O)c3ccc4c(c3)OCCO4)ccc21. The van der Waals surface area contributed by atoms with Crippen molar-refractivity contribution in [3.8, 4) is 11.5 Å². The first-order chi connectivity index (χ1) is 14.1. The van der Waals surface area contributed by atoms with Crippen molar-refractivity contribution in [2.24, 2.45) is 0 Å². The molecule has 0 spiro atoms. The van der Waals surface area contributed by atoms with Gasteiger partial charge in [0.15, 0.2) is 17.3 Å². The number of carbonyl (C=O) groups excluding carboxylic acids is 2. The molecule has 1 amide bonds. The van der Waals surface area contributed by atoms with Crippen LogP contribution in [0.4, 0.5) is 5.69 Å². The summed E-state index contributed by atoms with van der Waals surface area (Å²) in [6, 6.07) is 13.1. The molecule has 2 aromatic carbocycles. The van der Waals surface area contributed by atoms with E-state index in [4.69, 9.17) is 9.47 Å². The lowest BCUT2D eigenvalue weighted by molar-refractivity contribution is -0.116. The van der Waals surface area contributed by atoms with Gasteiger partial charge in [-0.15, -0.1) is 0 Å². The van der Waals surface area contributed by atoms with Gasteiger partial charge in [-0.2, -0.15) is 0 Å². The Morgan fingerprint density at radius 3 is 2.66 bits per heavy atom. The van der Waals surface area contributed by atoms with Crippen LogP contribution in [-0.2, 0) is 11.3 Å². The number of anilines is 1. The van der Waals surface area contributed by atoms with Gasteiger partial charge in [0.25, 0.3) is 0 Å². The fraction of sp³-hybridized carbons (Fsp3) is 0.304. The summed E-state index contributed by atoms with van der Waals surface area (Å²) in [4.78, 5) is 24.8. The molecule has 2 heterocycles. The van der Waals surface area contributed by atoms with Crippen LogP contribution in [0.2, 0.25) is 0 Å². The van der Waals surface area contributed by atoms with Gasteiger partial charge in [0.05, 0.1) is 0 Å². The largest absolute Gasteiger partial charge is 0.486 e. The van der Waals surface area contributed by atoms with E-state index >= 15 is 0 Å². The van der Waals surface area contributed by atoms with Gasteiger partial charge in [0.1, 0.15) is 13.2 Å². The van der Waals surface area contributed by atoms with Gasteiger partial charge in [-0.1, -0.05) is 6.92 Å². The van der Waals surface area contributed by atoms with Crippen LogP contribution in [0, 0.1) is 0 Å². The standard InChI is InChI=1S/C23H24N2O4/c1-2-10-25-11-9-16-14-18(4-5-19(16)25)24-23(27)8-6-20(26)17-3-7-21-22(15-17)29-13-12-28-21/h3-5,7,9,11,14-15H,2,6,8,10,12-13H2,1H3,(H,24,27).